The molecule has 1 saturated heterocycles. The average Bonchev–Trinajstić information content (AvgIpc) is 3.17. The van der Waals surface area contributed by atoms with E-state index in [9.17, 15) is 8.78 Å². The lowest BCUT2D eigenvalue weighted by molar-refractivity contribution is 0.192. The highest BCUT2D eigenvalue weighted by molar-refractivity contribution is 5.44. The number of rotatable bonds is 4. The van der Waals surface area contributed by atoms with Crippen LogP contribution in [0.1, 0.15) is 35.8 Å². The van der Waals surface area contributed by atoms with Crippen molar-refractivity contribution >= 4 is 0 Å². The molecule has 27 heavy (non-hydrogen) atoms. The Hall–Kier alpha value is -2.74. The molecule has 3 heterocycles. The van der Waals surface area contributed by atoms with Crippen molar-refractivity contribution in [3.63, 3.8) is 0 Å². The average molecular weight is 371 g/mol. The second kappa shape index (κ2) is 7.48. The molecule has 0 amide bonds. The van der Waals surface area contributed by atoms with Crippen molar-refractivity contribution in [3.8, 4) is 11.6 Å². The summed E-state index contributed by atoms with van der Waals surface area (Å²) in [7, 11) is 0. The number of aryl methyl sites for hydroxylation is 1. The summed E-state index contributed by atoms with van der Waals surface area (Å²) < 4.78 is 32.7. The second-order valence-corrected chi connectivity index (χ2v) is 6.79. The quantitative estimate of drug-likeness (QED) is 0.699. The Labute approximate surface area is 155 Å². The minimum Gasteiger partial charge on any atom is -0.332 e. The van der Waals surface area contributed by atoms with Crippen molar-refractivity contribution in [2.24, 2.45) is 0 Å². The first kappa shape index (κ1) is 17.7. The molecule has 0 saturated carbocycles. The van der Waals surface area contributed by atoms with Crippen LogP contribution in [0.2, 0.25) is 0 Å². The molecule has 1 aliphatic rings. The number of nitrogens with zero attached hydrogens (tertiary/aromatic N) is 5. The normalized spacial score (nSPS) is 18.0. The van der Waals surface area contributed by atoms with E-state index >= 15 is 0 Å². The maximum absolute atomic E-state index is 13.9. The van der Waals surface area contributed by atoms with Gasteiger partial charge in [0.15, 0.2) is 17.5 Å². The molecule has 1 aliphatic heterocycles. The Kier molecular flexibility index (Phi) is 4.89. The summed E-state index contributed by atoms with van der Waals surface area (Å²) in [6.45, 7) is 3.69. The van der Waals surface area contributed by atoms with Crippen LogP contribution in [0.4, 0.5) is 8.78 Å². The van der Waals surface area contributed by atoms with Gasteiger partial charge >= 0.3 is 0 Å². The number of hydrogen-bond acceptors (Lipinski definition) is 6. The van der Waals surface area contributed by atoms with Gasteiger partial charge in [-0.25, -0.2) is 13.8 Å². The van der Waals surface area contributed by atoms with E-state index in [4.69, 9.17) is 4.52 Å². The third-order valence-electron chi connectivity index (χ3n) is 4.74. The van der Waals surface area contributed by atoms with Crippen molar-refractivity contribution in [2.75, 3.05) is 13.1 Å². The van der Waals surface area contributed by atoms with Gasteiger partial charge in [-0.05, 0) is 32.4 Å². The van der Waals surface area contributed by atoms with Crippen LogP contribution >= 0.6 is 0 Å². The number of likely N-dealkylation sites (tertiary alicyclic amines) is 1. The first-order valence-corrected chi connectivity index (χ1v) is 8.88. The van der Waals surface area contributed by atoms with Crippen molar-refractivity contribution in [3.05, 3.63) is 59.3 Å². The Morgan fingerprint density at radius 3 is 2.93 bits per heavy atom. The Balaban J connectivity index is 1.47. The van der Waals surface area contributed by atoms with Gasteiger partial charge in [0.25, 0.3) is 5.89 Å². The molecule has 1 aromatic carbocycles. The van der Waals surface area contributed by atoms with Gasteiger partial charge in [0, 0.05) is 30.8 Å². The van der Waals surface area contributed by atoms with Gasteiger partial charge < -0.3 is 4.52 Å². The fourth-order valence-electron chi connectivity index (χ4n) is 3.33. The monoisotopic (exact) mass is 371 g/mol. The van der Waals surface area contributed by atoms with E-state index in [0.29, 0.717) is 36.1 Å². The summed E-state index contributed by atoms with van der Waals surface area (Å²) in [5, 5.41) is 4.10. The molecule has 8 heteroatoms. The minimum atomic E-state index is -0.817. The highest BCUT2D eigenvalue weighted by Gasteiger charge is 2.26. The molecule has 1 fully saturated rings. The summed E-state index contributed by atoms with van der Waals surface area (Å²) in [5.41, 5.74) is 1.71. The summed E-state index contributed by atoms with van der Waals surface area (Å²) in [5.74, 6) is -0.573. The Morgan fingerprint density at radius 1 is 1.22 bits per heavy atom. The molecule has 3 aromatic rings. The van der Waals surface area contributed by atoms with Crippen LogP contribution < -0.4 is 0 Å². The molecular weight excluding hydrogens is 352 g/mol. The zero-order valence-corrected chi connectivity index (χ0v) is 14.9. The van der Waals surface area contributed by atoms with Crippen LogP contribution in [-0.2, 0) is 6.54 Å². The van der Waals surface area contributed by atoms with E-state index in [1.807, 2.05) is 6.92 Å². The first-order chi connectivity index (χ1) is 13.1. The SMILES string of the molecule is Cc1cnc(-c2nc([C@@H]3CCCN(Cc4cccc(F)c4F)C3)no2)cn1. The maximum Gasteiger partial charge on any atom is 0.278 e. The highest BCUT2D eigenvalue weighted by Crippen LogP contribution is 2.28. The molecule has 4 rings (SSSR count). The van der Waals surface area contributed by atoms with Crippen molar-refractivity contribution in [2.45, 2.75) is 32.2 Å². The number of benzene rings is 1. The number of piperidine rings is 1. The minimum absolute atomic E-state index is 0.0753. The summed E-state index contributed by atoms with van der Waals surface area (Å²) in [4.78, 5) is 15.0. The third-order valence-corrected chi connectivity index (χ3v) is 4.74. The van der Waals surface area contributed by atoms with E-state index in [1.54, 1.807) is 18.5 Å². The molecule has 0 radical (unpaired) electrons. The van der Waals surface area contributed by atoms with Crippen molar-refractivity contribution < 1.29 is 13.3 Å². The lowest BCUT2D eigenvalue weighted by Gasteiger charge is -2.31. The van der Waals surface area contributed by atoms with Crippen LogP contribution in [-0.4, -0.2) is 38.1 Å². The zero-order valence-electron chi connectivity index (χ0n) is 14.9. The van der Waals surface area contributed by atoms with Gasteiger partial charge in [-0.3, -0.25) is 9.88 Å². The number of aromatic nitrogens is 4. The highest BCUT2D eigenvalue weighted by atomic mass is 19.2. The van der Waals surface area contributed by atoms with E-state index in [-0.39, 0.29) is 5.92 Å². The predicted molar refractivity (Wildman–Crippen MR) is 93.7 cm³/mol. The summed E-state index contributed by atoms with van der Waals surface area (Å²) >= 11 is 0. The van der Waals surface area contributed by atoms with Crippen LogP contribution in [0.3, 0.4) is 0 Å². The fraction of sp³-hybridized carbons (Fsp3) is 0.368. The van der Waals surface area contributed by atoms with Gasteiger partial charge in [-0.2, -0.15) is 4.98 Å². The molecule has 1 atom stereocenters. The number of hydrogen-bond donors (Lipinski definition) is 0. The molecular formula is C19H19F2N5O. The topological polar surface area (TPSA) is 67.9 Å². The van der Waals surface area contributed by atoms with Gasteiger partial charge in [0.2, 0.25) is 0 Å². The van der Waals surface area contributed by atoms with Crippen LogP contribution in [0.15, 0.2) is 35.1 Å². The number of halogens is 2. The van der Waals surface area contributed by atoms with Crippen LogP contribution in [0.25, 0.3) is 11.6 Å². The molecule has 6 nitrogen and oxygen atoms in total. The van der Waals surface area contributed by atoms with Gasteiger partial charge in [0.1, 0.15) is 5.69 Å². The van der Waals surface area contributed by atoms with Crippen molar-refractivity contribution in [1.29, 1.82) is 0 Å². The standard InChI is InChI=1S/C19H19F2N5O/c1-12-8-23-16(9-22-12)19-24-18(25-27-19)14-5-3-7-26(11-14)10-13-4-2-6-15(20)17(13)21/h2,4,6,8-9,14H,3,5,7,10-11H2,1H3/t14-/m1/s1. The smallest absolute Gasteiger partial charge is 0.278 e. The van der Waals surface area contributed by atoms with Crippen LogP contribution in [0, 0.1) is 18.6 Å². The van der Waals surface area contributed by atoms with Gasteiger partial charge in [-0.1, -0.05) is 17.3 Å². The predicted octanol–water partition coefficient (Wildman–Crippen LogP) is 3.49. The molecule has 0 N–H and O–H groups in total. The van der Waals surface area contributed by atoms with Crippen LogP contribution in [0.5, 0.6) is 0 Å². The van der Waals surface area contributed by atoms with Crippen molar-refractivity contribution in [1.82, 2.24) is 25.0 Å². The summed E-state index contributed by atoms with van der Waals surface area (Å²) in [6, 6.07) is 4.28. The van der Waals surface area contributed by atoms with E-state index < -0.39 is 11.6 Å². The van der Waals surface area contributed by atoms with E-state index in [1.165, 1.54) is 6.07 Å². The van der Waals surface area contributed by atoms with Gasteiger partial charge in [0.05, 0.1) is 11.9 Å². The Morgan fingerprint density at radius 2 is 2.11 bits per heavy atom. The van der Waals surface area contributed by atoms with Gasteiger partial charge in [-0.15, -0.1) is 0 Å². The molecule has 0 aliphatic carbocycles. The molecule has 140 valence electrons. The molecule has 0 bridgehead atoms. The summed E-state index contributed by atoms with van der Waals surface area (Å²) in [6.07, 6.45) is 5.10. The lowest BCUT2D eigenvalue weighted by atomic mass is 9.97. The maximum atomic E-state index is 13.9. The van der Waals surface area contributed by atoms with E-state index in [2.05, 4.69) is 25.0 Å². The first-order valence-electron chi connectivity index (χ1n) is 8.88. The largest absolute Gasteiger partial charge is 0.332 e. The zero-order chi connectivity index (χ0) is 18.8. The second-order valence-electron chi connectivity index (χ2n) is 6.79. The molecule has 2 aromatic heterocycles. The molecule has 0 unspecified atom stereocenters. The van der Waals surface area contributed by atoms with E-state index in [0.717, 1.165) is 31.1 Å². The Bertz CT molecular complexity index is 928. The lowest BCUT2D eigenvalue weighted by Crippen LogP contribution is -2.34. The molecule has 0 spiro atoms. The third kappa shape index (κ3) is 3.85. The fourth-order valence-corrected chi connectivity index (χ4v) is 3.33.